The molecule has 0 spiro atoms. The summed E-state index contributed by atoms with van der Waals surface area (Å²) in [6.07, 6.45) is -1.35. The number of piperidine rings is 1. The van der Waals surface area contributed by atoms with Crippen molar-refractivity contribution in [3.05, 3.63) is 24.0 Å². The zero-order valence-electron chi connectivity index (χ0n) is 19.9. The highest BCUT2D eigenvalue weighted by Gasteiger charge is 2.44. The number of imidazole rings is 1. The molecule has 38 heavy (non-hydrogen) atoms. The summed E-state index contributed by atoms with van der Waals surface area (Å²) in [6, 6.07) is 2.97. The second kappa shape index (κ2) is 10.2. The van der Waals surface area contributed by atoms with E-state index in [1.165, 1.54) is 16.7 Å². The van der Waals surface area contributed by atoms with Gasteiger partial charge in [-0.2, -0.15) is 18.4 Å². The maximum absolute atomic E-state index is 12.8. The highest BCUT2D eigenvalue weighted by Crippen LogP contribution is 2.41. The second-order valence-corrected chi connectivity index (χ2v) is 10.0. The Kier molecular flexibility index (Phi) is 6.93. The van der Waals surface area contributed by atoms with Crippen LogP contribution in [0.1, 0.15) is 24.8 Å². The number of fused-ring (bicyclic) bond motifs is 2. The lowest BCUT2D eigenvalue weighted by Crippen LogP contribution is -2.53. The summed E-state index contributed by atoms with van der Waals surface area (Å²) in [4.78, 5) is 27.2. The molecule has 0 aliphatic carbocycles. The van der Waals surface area contributed by atoms with Crippen LogP contribution in [-0.2, 0) is 11.3 Å². The SMILES string of the molecule is N#Cc1cc2c(cc1Sc1nc3c(N)ncn(CCC4CCN(C(=O)[C@@H](N)C(F)(F)F)CC4)c-3n1)OCO2. The molecule has 0 radical (unpaired) electrons. The molecule has 0 saturated carbocycles. The van der Waals surface area contributed by atoms with Crippen LogP contribution in [0.25, 0.3) is 11.5 Å². The third kappa shape index (κ3) is 5.14. The van der Waals surface area contributed by atoms with E-state index in [0.717, 1.165) is 0 Å². The Morgan fingerprint density at radius 3 is 2.63 bits per heavy atom. The van der Waals surface area contributed by atoms with E-state index in [4.69, 9.17) is 20.9 Å². The van der Waals surface area contributed by atoms with Gasteiger partial charge in [0.1, 0.15) is 6.07 Å². The van der Waals surface area contributed by atoms with Gasteiger partial charge >= 0.3 is 6.18 Å². The monoisotopic (exact) mass is 548 g/mol. The third-order valence-electron chi connectivity index (χ3n) is 6.59. The van der Waals surface area contributed by atoms with Crippen molar-refractivity contribution in [2.45, 2.75) is 48.1 Å². The van der Waals surface area contributed by atoms with Gasteiger partial charge in [0.05, 0.1) is 11.9 Å². The van der Waals surface area contributed by atoms with Crippen LogP contribution in [0.5, 0.6) is 11.5 Å². The molecule has 1 saturated heterocycles. The van der Waals surface area contributed by atoms with Gasteiger partial charge in [0.25, 0.3) is 0 Å². The zero-order valence-corrected chi connectivity index (χ0v) is 20.8. The normalized spacial score (nSPS) is 16.6. The van der Waals surface area contributed by atoms with Crippen LogP contribution < -0.4 is 20.9 Å². The summed E-state index contributed by atoms with van der Waals surface area (Å²) in [5.74, 6) is 0.896. The molecule has 1 amide bonds. The standard InChI is InChI=1S/C23H23F3N8O3S/c24-23(25,26)18(28)21(35)33-4-1-12(2-5-33)3-6-34-10-30-19(29)17-20(34)32-22(31-17)38-16-8-15-14(36-11-37-15)7-13(16)9-27/h7-8,10,12,18H,1-6,11,28-29H2/t18-/m1/s1. The van der Waals surface area contributed by atoms with Gasteiger partial charge in [-0.3, -0.25) is 4.79 Å². The lowest BCUT2D eigenvalue weighted by atomic mass is 9.93. The summed E-state index contributed by atoms with van der Waals surface area (Å²) < 4.78 is 50.9. The van der Waals surface area contributed by atoms with E-state index in [9.17, 15) is 23.2 Å². The first kappa shape index (κ1) is 25.9. The highest BCUT2D eigenvalue weighted by molar-refractivity contribution is 7.99. The molecule has 0 unspecified atom stereocenters. The fourth-order valence-corrected chi connectivity index (χ4v) is 5.28. The lowest BCUT2D eigenvalue weighted by Gasteiger charge is -2.34. The molecule has 1 atom stereocenters. The van der Waals surface area contributed by atoms with Crippen molar-refractivity contribution in [1.29, 1.82) is 5.26 Å². The Morgan fingerprint density at radius 1 is 1.24 bits per heavy atom. The number of carbonyl (C=O) groups excluding carboxylic acids is 1. The van der Waals surface area contributed by atoms with E-state index in [1.54, 1.807) is 18.5 Å². The van der Waals surface area contributed by atoms with E-state index < -0.39 is 18.1 Å². The largest absolute Gasteiger partial charge is 0.454 e. The second-order valence-electron chi connectivity index (χ2n) is 8.99. The van der Waals surface area contributed by atoms with Crippen molar-refractivity contribution in [1.82, 2.24) is 24.4 Å². The number of alkyl halides is 3. The number of halogens is 3. The summed E-state index contributed by atoms with van der Waals surface area (Å²) >= 11 is 1.20. The average Bonchev–Trinajstić information content (AvgIpc) is 3.54. The van der Waals surface area contributed by atoms with Gasteiger partial charge in [0.15, 0.2) is 40.0 Å². The van der Waals surface area contributed by atoms with Crippen molar-refractivity contribution in [2.24, 2.45) is 11.7 Å². The first-order valence-corrected chi connectivity index (χ1v) is 12.6. The van der Waals surface area contributed by atoms with Crippen LogP contribution in [0.4, 0.5) is 19.0 Å². The molecular weight excluding hydrogens is 525 g/mol. The number of nitrogen functional groups attached to an aromatic ring is 1. The molecule has 4 heterocycles. The Bertz CT molecular complexity index is 1370. The molecule has 4 aliphatic heterocycles. The minimum absolute atomic E-state index is 0.0870. The molecular formula is C23H23F3N8O3S. The number of rotatable bonds is 6. The Labute approximate surface area is 219 Å². The molecule has 4 aliphatic rings. The summed E-state index contributed by atoms with van der Waals surface area (Å²) in [6.45, 7) is 1.06. The van der Waals surface area contributed by atoms with Crippen molar-refractivity contribution in [2.75, 3.05) is 25.6 Å². The van der Waals surface area contributed by atoms with Gasteiger partial charge in [0, 0.05) is 30.6 Å². The summed E-state index contributed by atoms with van der Waals surface area (Å²) in [5.41, 5.74) is 11.9. The first-order valence-electron chi connectivity index (χ1n) is 11.7. The zero-order chi connectivity index (χ0) is 27.0. The number of amides is 1. The molecule has 0 aromatic heterocycles. The minimum Gasteiger partial charge on any atom is -0.454 e. The number of nitriles is 1. The molecule has 0 bridgehead atoms. The number of ether oxygens (including phenoxy) is 2. The number of nitrogens with zero attached hydrogens (tertiary/aromatic N) is 6. The quantitative estimate of drug-likeness (QED) is 0.469. The van der Waals surface area contributed by atoms with E-state index in [2.05, 4.69) is 21.0 Å². The molecule has 1 aromatic carbocycles. The fourth-order valence-electron chi connectivity index (χ4n) is 4.44. The summed E-state index contributed by atoms with van der Waals surface area (Å²) in [5, 5.41) is 9.93. The van der Waals surface area contributed by atoms with E-state index in [0.29, 0.717) is 64.4 Å². The summed E-state index contributed by atoms with van der Waals surface area (Å²) in [7, 11) is 0. The molecule has 1 fully saturated rings. The van der Waals surface area contributed by atoms with Gasteiger partial charge in [-0.05, 0) is 43.0 Å². The number of likely N-dealkylation sites (tertiary alicyclic amines) is 1. The molecule has 11 nitrogen and oxygen atoms in total. The Balaban J connectivity index is 1.25. The van der Waals surface area contributed by atoms with Gasteiger partial charge in [0.2, 0.25) is 12.7 Å². The van der Waals surface area contributed by atoms with Gasteiger partial charge in [-0.1, -0.05) is 0 Å². The third-order valence-corrected chi connectivity index (χ3v) is 7.51. The van der Waals surface area contributed by atoms with Crippen LogP contribution in [0, 0.1) is 17.2 Å². The molecule has 4 N–H and O–H groups in total. The lowest BCUT2D eigenvalue weighted by molar-refractivity contribution is -0.170. The molecule has 200 valence electrons. The number of anilines is 1. The van der Waals surface area contributed by atoms with Crippen molar-refractivity contribution >= 4 is 23.5 Å². The van der Waals surface area contributed by atoms with Gasteiger partial charge in [-0.25, -0.2) is 15.0 Å². The highest BCUT2D eigenvalue weighted by atomic mass is 32.2. The topological polar surface area (TPSA) is 158 Å². The minimum atomic E-state index is -4.76. The predicted octanol–water partition coefficient (Wildman–Crippen LogP) is 2.63. The number of hydrogen-bond donors (Lipinski definition) is 2. The fraction of sp³-hybridized carbons (Fsp3) is 0.435. The van der Waals surface area contributed by atoms with Crippen LogP contribution in [0.15, 0.2) is 28.5 Å². The first-order chi connectivity index (χ1) is 18.1. The number of carbonyl (C=O) groups is 1. The Morgan fingerprint density at radius 2 is 1.95 bits per heavy atom. The van der Waals surface area contributed by atoms with Gasteiger partial charge in [-0.15, -0.1) is 0 Å². The number of benzene rings is 1. The molecule has 15 heteroatoms. The smallest absolute Gasteiger partial charge is 0.412 e. The van der Waals surface area contributed by atoms with E-state index in [1.807, 2.05) is 4.57 Å². The number of hydrogen-bond acceptors (Lipinski definition) is 10. The maximum Gasteiger partial charge on any atom is 0.412 e. The number of aryl methyl sites for hydroxylation is 1. The number of nitrogens with two attached hydrogens (primary N) is 2. The van der Waals surface area contributed by atoms with Crippen LogP contribution in [-0.4, -0.2) is 62.4 Å². The molecule has 1 aromatic rings. The van der Waals surface area contributed by atoms with Crippen LogP contribution in [0.3, 0.4) is 0 Å². The number of aromatic nitrogens is 4. The van der Waals surface area contributed by atoms with E-state index in [-0.39, 0.29) is 31.6 Å². The maximum atomic E-state index is 12.8. The molecule has 5 rings (SSSR count). The van der Waals surface area contributed by atoms with Crippen molar-refractivity contribution < 1.29 is 27.4 Å². The van der Waals surface area contributed by atoms with Crippen molar-refractivity contribution in [3.8, 4) is 29.1 Å². The van der Waals surface area contributed by atoms with Crippen LogP contribution in [0.2, 0.25) is 0 Å². The Hall–Kier alpha value is -3.77. The average molecular weight is 549 g/mol. The van der Waals surface area contributed by atoms with Gasteiger partial charge < -0.3 is 30.4 Å². The van der Waals surface area contributed by atoms with Crippen molar-refractivity contribution in [3.63, 3.8) is 0 Å². The van der Waals surface area contributed by atoms with Crippen LogP contribution >= 0.6 is 11.8 Å². The predicted molar refractivity (Wildman–Crippen MR) is 128 cm³/mol. The van der Waals surface area contributed by atoms with E-state index >= 15 is 0 Å².